The molecule has 3 heterocycles. The van der Waals surface area contributed by atoms with Crippen LogP contribution in [0.15, 0.2) is 45.5 Å². The smallest absolute Gasteiger partial charge is 0.230 e. The van der Waals surface area contributed by atoms with Crippen molar-refractivity contribution < 1.29 is 9.21 Å². The normalized spacial score (nSPS) is 12.4. The third-order valence-corrected chi connectivity index (χ3v) is 5.46. The molecule has 0 aliphatic carbocycles. The van der Waals surface area contributed by atoms with Gasteiger partial charge in [-0.15, -0.1) is 16.4 Å². The van der Waals surface area contributed by atoms with E-state index < -0.39 is 0 Å². The van der Waals surface area contributed by atoms with Crippen molar-refractivity contribution in [1.82, 2.24) is 25.5 Å². The molecule has 3 aromatic heterocycles. The zero-order valence-electron chi connectivity index (χ0n) is 14.0. The average Bonchev–Trinajstić information content (AvgIpc) is 3.33. The molecule has 0 aromatic carbocycles. The fourth-order valence-corrected chi connectivity index (χ4v) is 3.97. The second-order valence-electron chi connectivity index (χ2n) is 5.79. The molecule has 25 heavy (non-hydrogen) atoms. The number of nitrogens with zero attached hydrogens (tertiary/aromatic N) is 4. The maximum atomic E-state index is 12.4. The van der Waals surface area contributed by atoms with Gasteiger partial charge in [-0.2, -0.15) is 0 Å². The largest absolute Gasteiger partial charge is 0.467 e. The van der Waals surface area contributed by atoms with Crippen LogP contribution in [0.3, 0.4) is 0 Å². The van der Waals surface area contributed by atoms with Crippen molar-refractivity contribution in [2.45, 2.75) is 31.6 Å². The highest BCUT2D eigenvalue weighted by atomic mass is 32.2. The summed E-state index contributed by atoms with van der Waals surface area (Å²) < 4.78 is 6.92. The van der Waals surface area contributed by atoms with Gasteiger partial charge in [-0.3, -0.25) is 4.79 Å². The molecule has 0 fully saturated rings. The lowest BCUT2D eigenvalue weighted by molar-refractivity contribution is -0.119. The molecule has 0 aliphatic rings. The van der Waals surface area contributed by atoms with Gasteiger partial charge < -0.3 is 9.73 Å². The predicted octanol–water partition coefficient (Wildman–Crippen LogP) is 2.98. The molecule has 132 valence electrons. The summed E-state index contributed by atoms with van der Waals surface area (Å²) in [5.74, 6) is 1.30. The van der Waals surface area contributed by atoms with Gasteiger partial charge in [0.15, 0.2) is 0 Å². The molecule has 0 bridgehead atoms. The van der Waals surface area contributed by atoms with E-state index in [0.29, 0.717) is 17.6 Å². The van der Waals surface area contributed by atoms with Gasteiger partial charge in [-0.1, -0.05) is 31.7 Å². The van der Waals surface area contributed by atoms with E-state index in [0.717, 1.165) is 10.6 Å². The molecule has 0 saturated carbocycles. The van der Waals surface area contributed by atoms with Gasteiger partial charge in [0.25, 0.3) is 0 Å². The van der Waals surface area contributed by atoms with Crippen molar-refractivity contribution in [3.05, 3.63) is 46.5 Å². The van der Waals surface area contributed by atoms with E-state index in [-0.39, 0.29) is 17.7 Å². The van der Waals surface area contributed by atoms with Crippen LogP contribution in [0, 0.1) is 5.92 Å². The van der Waals surface area contributed by atoms with Gasteiger partial charge in [-0.05, 0) is 39.9 Å². The first kappa shape index (κ1) is 17.7. The first-order valence-corrected chi connectivity index (χ1v) is 9.74. The first-order chi connectivity index (χ1) is 12.1. The summed E-state index contributed by atoms with van der Waals surface area (Å²) in [5, 5.41) is 17.3. The topological polar surface area (TPSA) is 85.8 Å². The highest BCUT2D eigenvalue weighted by Crippen LogP contribution is 2.26. The van der Waals surface area contributed by atoms with Crippen LogP contribution in [0.1, 0.15) is 30.5 Å². The van der Waals surface area contributed by atoms with E-state index in [1.807, 2.05) is 29.6 Å². The van der Waals surface area contributed by atoms with Crippen molar-refractivity contribution in [2.75, 3.05) is 5.75 Å². The van der Waals surface area contributed by atoms with Crippen LogP contribution in [0.4, 0.5) is 0 Å². The molecule has 0 spiro atoms. The number of nitrogens with one attached hydrogen (secondary N) is 1. The molecule has 0 aliphatic heterocycles. The lowest BCUT2D eigenvalue weighted by Crippen LogP contribution is -2.32. The van der Waals surface area contributed by atoms with E-state index in [2.05, 4.69) is 34.7 Å². The minimum absolute atomic E-state index is 0.0206. The van der Waals surface area contributed by atoms with Crippen LogP contribution in [0.25, 0.3) is 0 Å². The molecular formula is C16H19N5O2S2. The van der Waals surface area contributed by atoms with Crippen molar-refractivity contribution >= 4 is 29.0 Å². The summed E-state index contributed by atoms with van der Waals surface area (Å²) in [6.07, 6.45) is 1.61. The van der Waals surface area contributed by atoms with Gasteiger partial charge in [0, 0.05) is 4.88 Å². The number of thioether (sulfide) groups is 1. The van der Waals surface area contributed by atoms with E-state index >= 15 is 0 Å². The van der Waals surface area contributed by atoms with Gasteiger partial charge in [0.2, 0.25) is 11.1 Å². The van der Waals surface area contributed by atoms with Gasteiger partial charge >= 0.3 is 0 Å². The highest BCUT2D eigenvalue weighted by molar-refractivity contribution is 7.99. The SMILES string of the molecule is CC(C)C(NC(=O)CSc1nnnn1Cc1ccco1)c1cccs1. The van der Waals surface area contributed by atoms with Crippen LogP contribution in [-0.2, 0) is 11.3 Å². The molecule has 1 unspecified atom stereocenters. The summed E-state index contributed by atoms with van der Waals surface area (Å²) in [5.41, 5.74) is 0. The number of hydrogen-bond acceptors (Lipinski definition) is 7. The van der Waals surface area contributed by atoms with Gasteiger partial charge in [-0.25, -0.2) is 4.68 Å². The molecule has 1 N–H and O–H groups in total. The van der Waals surface area contributed by atoms with Crippen LogP contribution < -0.4 is 5.32 Å². The Balaban J connectivity index is 1.56. The number of hydrogen-bond donors (Lipinski definition) is 1. The first-order valence-electron chi connectivity index (χ1n) is 7.87. The van der Waals surface area contributed by atoms with E-state index in [4.69, 9.17) is 4.42 Å². The fourth-order valence-electron chi connectivity index (χ4n) is 2.33. The maximum Gasteiger partial charge on any atom is 0.230 e. The summed E-state index contributed by atoms with van der Waals surface area (Å²) in [4.78, 5) is 13.5. The van der Waals surface area contributed by atoms with Crippen molar-refractivity contribution in [3.63, 3.8) is 0 Å². The number of carbonyl (C=O) groups is 1. The van der Waals surface area contributed by atoms with Gasteiger partial charge in [0.1, 0.15) is 12.3 Å². The number of amides is 1. The molecule has 0 saturated heterocycles. The van der Waals surface area contributed by atoms with E-state index in [1.165, 1.54) is 11.8 Å². The Bertz CT molecular complexity index is 783. The number of carbonyl (C=O) groups excluding carboxylic acids is 1. The lowest BCUT2D eigenvalue weighted by atomic mass is 10.0. The Morgan fingerprint density at radius 2 is 2.28 bits per heavy atom. The Hall–Kier alpha value is -2.13. The molecular weight excluding hydrogens is 358 g/mol. The Morgan fingerprint density at radius 3 is 2.96 bits per heavy atom. The Labute approximate surface area is 153 Å². The molecule has 1 atom stereocenters. The van der Waals surface area contributed by atoms with E-state index in [9.17, 15) is 4.79 Å². The zero-order valence-corrected chi connectivity index (χ0v) is 15.6. The standard InChI is InChI=1S/C16H19N5O2S2/c1-11(2)15(13-6-4-8-24-13)17-14(22)10-25-16-18-19-20-21(16)9-12-5-3-7-23-12/h3-8,11,15H,9-10H2,1-2H3,(H,17,22). The minimum Gasteiger partial charge on any atom is -0.467 e. The van der Waals surface area contributed by atoms with E-state index in [1.54, 1.807) is 22.3 Å². The van der Waals surface area contributed by atoms with Crippen molar-refractivity contribution in [2.24, 2.45) is 5.92 Å². The van der Waals surface area contributed by atoms with Crippen molar-refractivity contribution in [1.29, 1.82) is 0 Å². The Morgan fingerprint density at radius 1 is 1.40 bits per heavy atom. The summed E-state index contributed by atoms with van der Waals surface area (Å²) in [6.45, 7) is 4.64. The second-order valence-corrected chi connectivity index (χ2v) is 7.71. The third-order valence-electron chi connectivity index (χ3n) is 3.55. The number of furan rings is 1. The van der Waals surface area contributed by atoms with Crippen LogP contribution >= 0.6 is 23.1 Å². The van der Waals surface area contributed by atoms with Gasteiger partial charge in [0.05, 0.1) is 18.1 Å². The van der Waals surface area contributed by atoms with Crippen LogP contribution in [0.5, 0.6) is 0 Å². The quantitative estimate of drug-likeness (QED) is 0.608. The monoisotopic (exact) mass is 377 g/mol. The summed E-state index contributed by atoms with van der Waals surface area (Å²) in [6, 6.07) is 7.74. The molecule has 9 heteroatoms. The molecule has 0 radical (unpaired) electrons. The summed E-state index contributed by atoms with van der Waals surface area (Å²) >= 11 is 2.96. The second kappa shape index (κ2) is 8.30. The molecule has 7 nitrogen and oxygen atoms in total. The molecule has 3 aromatic rings. The fraction of sp³-hybridized carbons (Fsp3) is 0.375. The number of rotatable bonds is 8. The zero-order chi connectivity index (χ0) is 17.6. The lowest BCUT2D eigenvalue weighted by Gasteiger charge is -2.21. The molecule has 3 rings (SSSR count). The number of tetrazole rings is 1. The van der Waals surface area contributed by atoms with Crippen molar-refractivity contribution in [3.8, 4) is 0 Å². The third kappa shape index (κ3) is 4.70. The van der Waals surface area contributed by atoms with Crippen LogP contribution in [-0.4, -0.2) is 31.9 Å². The molecule has 1 amide bonds. The predicted molar refractivity (Wildman–Crippen MR) is 96.4 cm³/mol. The summed E-state index contributed by atoms with van der Waals surface area (Å²) in [7, 11) is 0. The highest BCUT2D eigenvalue weighted by Gasteiger charge is 2.20. The number of thiophene rings is 1. The van der Waals surface area contributed by atoms with Crippen LogP contribution in [0.2, 0.25) is 0 Å². The minimum atomic E-state index is -0.0374. The number of aromatic nitrogens is 4. The average molecular weight is 377 g/mol. The Kier molecular flexibility index (Phi) is 5.87. The maximum absolute atomic E-state index is 12.4.